The van der Waals surface area contributed by atoms with Crippen LogP contribution in [0.3, 0.4) is 0 Å². The van der Waals surface area contributed by atoms with Gasteiger partial charge in [-0.05, 0) is 30.7 Å². The molecule has 0 saturated heterocycles. The van der Waals surface area contributed by atoms with E-state index >= 15 is 0 Å². The van der Waals surface area contributed by atoms with E-state index in [0.29, 0.717) is 13.1 Å². The van der Waals surface area contributed by atoms with Gasteiger partial charge in [0, 0.05) is 24.8 Å². The fourth-order valence-electron chi connectivity index (χ4n) is 2.71. The summed E-state index contributed by atoms with van der Waals surface area (Å²) in [6, 6.07) is 11.8. The van der Waals surface area contributed by atoms with Gasteiger partial charge in [-0.1, -0.05) is 18.2 Å². The van der Waals surface area contributed by atoms with Crippen LogP contribution in [-0.4, -0.2) is 27.2 Å². The number of hydrogen-bond acceptors (Lipinski definition) is 4. The highest BCUT2D eigenvalue weighted by Gasteiger charge is 2.08. The summed E-state index contributed by atoms with van der Waals surface area (Å²) >= 11 is 0. The van der Waals surface area contributed by atoms with Gasteiger partial charge in [0.15, 0.2) is 0 Å². The number of aliphatic carboxylic acids is 1. The third-order valence-corrected chi connectivity index (χ3v) is 3.87. The molecule has 6 nitrogen and oxygen atoms in total. The molecule has 2 aromatic heterocycles. The zero-order chi connectivity index (χ0) is 16.9. The molecular formula is C18H20N4O2. The zero-order valence-corrected chi connectivity index (χ0v) is 13.5. The molecule has 2 heterocycles. The second-order valence-corrected chi connectivity index (χ2v) is 5.62. The maximum Gasteiger partial charge on any atom is 0.305 e. The highest BCUT2D eigenvalue weighted by molar-refractivity contribution is 5.71. The van der Waals surface area contributed by atoms with Crippen LogP contribution in [0.5, 0.6) is 0 Å². The van der Waals surface area contributed by atoms with Crippen molar-refractivity contribution in [2.75, 3.05) is 17.2 Å². The lowest BCUT2D eigenvalue weighted by Crippen LogP contribution is -2.09. The van der Waals surface area contributed by atoms with Gasteiger partial charge in [-0.3, -0.25) is 4.79 Å². The summed E-state index contributed by atoms with van der Waals surface area (Å²) in [5.74, 6) is -0.810. The Hall–Kier alpha value is -3.02. The lowest BCUT2D eigenvalue weighted by Gasteiger charge is -2.13. The molecule has 0 unspecified atom stereocenters. The molecule has 0 aliphatic heterocycles. The monoisotopic (exact) mass is 324 g/mol. The van der Waals surface area contributed by atoms with Crippen LogP contribution >= 0.6 is 0 Å². The molecule has 124 valence electrons. The standard InChI is InChI=1S/C18H20N4O2/c1-13-5-4-10-22-18(13)14(12-21-22)11-20-16-7-3-2-6-15(16)19-9-8-17(23)24/h2-7,10,12,19-20H,8-9,11H2,1H3,(H,23,24). The van der Waals surface area contributed by atoms with E-state index in [0.717, 1.165) is 22.5 Å². The Kier molecular flexibility index (Phi) is 4.65. The first-order chi connectivity index (χ1) is 11.6. The molecule has 6 heteroatoms. The third-order valence-electron chi connectivity index (χ3n) is 3.87. The predicted octanol–water partition coefficient (Wildman–Crippen LogP) is 3.14. The first-order valence-corrected chi connectivity index (χ1v) is 7.85. The molecule has 0 amide bonds. The quantitative estimate of drug-likeness (QED) is 0.622. The molecule has 0 fully saturated rings. The molecule has 3 aromatic rings. The number of hydrogen-bond donors (Lipinski definition) is 3. The lowest BCUT2D eigenvalue weighted by atomic mass is 10.1. The Morgan fingerprint density at radius 3 is 2.67 bits per heavy atom. The summed E-state index contributed by atoms with van der Waals surface area (Å²) in [6.07, 6.45) is 3.89. The average Bonchev–Trinajstić information content (AvgIpc) is 2.98. The van der Waals surface area contributed by atoms with Gasteiger partial charge in [-0.2, -0.15) is 5.10 Å². The summed E-state index contributed by atoms with van der Waals surface area (Å²) in [5.41, 5.74) is 5.25. The van der Waals surface area contributed by atoms with Crippen LogP contribution in [0.2, 0.25) is 0 Å². The maximum absolute atomic E-state index is 10.6. The minimum absolute atomic E-state index is 0.0849. The Morgan fingerprint density at radius 1 is 1.17 bits per heavy atom. The van der Waals surface area contributed by atoms with Crippen molar-refractivity contribution in [2.24, 2.45) is 0 Å². The van der Waals surface area contributed by atoms with Crippen molar-refractivity contribution in [3.8, 4) is 0 Å². The maximum atomic E-state index is 10.6. The molecule has 0 saturated carbocycles. The van der Waals surface area contributed by atoms with Crippen LogP contribution in [0, 0.1) is 6.92 Å². The summed E-state index contributed by atoms with van der Waals surface area (Å²) < 4.78 is 1.88. The molecule has 1 aromatic carbocycles. The van der Waals surface area contributed by atoms with E-state index in [1.54, 1.807) is 0 Å². The van der Waals surface area contributed by atoms with Gasteiger partial charge in [0.05, 0.1) is 29.5 Å². The zero-order valence-electron chi connectivity index (χ0n) is 13.5. The van der Waals surface area contributed by atoms with Gasteiger partial charge in [0.25, 0.3) is 0 Å². The predicted molar refractivity (Wildman–Crippen MR) is 94.4 cm³/mol. The van der Waals surface area contributed by atoms with Gasteiger partial charge in [0.1, 0.15) is 0 Å². The Labute approximate surface area is 140 Å². The minimum atomic E-state index is -0.810. The molecule has 0 atom stereocenters. The molecular weight excluding hydrogens is 304 g/mol. The van der Waals surface area contributed by atoms with Crippen molar-refractivity contribution >= 4 is 22.9 Å². The Bertz CT molecular complexity index is 857. The Morgan fingerprint density at radius 2 is 1.92 bits per heavy atom. The first kappa shape index (κ1) is 15.9. The van der Waals surface area contributed by atoms with Gasteiger partial charge >= 0.3 is 5.97 Å². The number of carbonyl (C=O) groups is 1. The van der Waals surface area contributed by atoms with Crippen LogP contribution in [0.1, 0.15) is 17.5 Å². The third kappa shape index (κ3) is 3.48. The molecule has 3 N–H and O–H groups in total. The number of aryl methyl sites for hydroxylation is 1. The molecule has 0 aliphatic rings. The largest absolute Gasteiger partial charge is 0.481 e. The number of carboxylic acid groups (broad SMARTS) is 1. The number of nitrogens with one attached hydrogen (secondary N) is 2. The summed E-state index contributed by atoms with van der Waals surface area (Å²) in [7, 11) is 0. The second-order valence-electron chi connectivity index (χ2n) is 5.62. The number of pyridine rings is 1. The number of carboxylic acids is 1. The van der Waals surface area contributed by atoms with E-state index in [-0.39, 0.29) is 6.42 Å². The number of para-hydroxylation sites is 2. The topological polar surface area (TPSA) is 78.7 Å². The van der Waals surface area contributed by atoms with E-state index < -0.39 is 5.97 Å². The van der Waals surface area contributed by atoms with Crippen LogP contribution in [0.25, 0.3) is 5.52 Å². The normalized spacial score (nSPS) is 10.7. The molecule has 0 bridgehead atoms. The van der Waals surface area contributed by atoms with Crippen LogP contribution in [0.4, 0.5) is 11.4 Å². The van der Waals surface area contributed by atoms with Gasteiger partial charge < -0.3 is 15.7 Å². The molecule has 3 rings (SSSR count). The number of benzene rings is 1. The SMILES string of the molecule is Cc1cccn2ncc(CNc3ccccc3NCCC(=O)O)c12. The van der Waals surface area contributed by atoms with Crippen molar-refractivity contribution in [2.45, 2.75) is 19.9 Å². The van der Waals surface area contributed by atoms with Crippen molar-refractivity contribution in [1.29, 1.82) is 0 Å². The second kappa shape index (κ2) is 7.04. The molecule has 0 spiro atoms. The van der Waals surface area contributed by atoms with Crippen LogP contribution < -0.4 is 10.6 Å². The summed E-state index contributed by atoms with van der Waals surface area (Å²) in [4.78, 5) is 10.6. The lowest BCUT2D eigenvalue weighted by molar-refractivity contribution is -0.136. The van der Waals surface area contributed by atoms with Gasteiger partial charge in [0.2, 0.25) is 0 Å². The molecule has 24 heavy (non-hydrogen) atoms. The van der Waals surface area contributed by atoms with Crippen molar-refractivity contribution < 1.29 is 9.90 Å². The van der Waals surface area contributed by atoms with Crippen LogP contribution in [0.15, 0.2) is 48.8 Å². The number of aromatic nitrogens is 2. The van der Waals surface area contributed by atoms with E-state index in [4.69, 9.17) is 5.11 Å². The Balaban J connectivity index is 1.73. The van der Waals surface area contributed by atoms with E-state index in [1.165, 1.54) is 5.56 Å². The van der Waals surface area contributed by atoms with Crippen LogP contribution in [-0.2, 0) is 11.3 Å². The minimum Gasteiger partial charge on any atom is -0.481 e. The fourth-order valence-corrected chi connectivity index (χ4v) is 2.71. The number of rotatable bonds is 7. The average molecular weight is 324 g/mol. The first-order valence-electron chi connectivity index (χ1n) is 7.85. The highest BCUT2D eigenvalue weighted by Crippen LogP contribution is 2.23. The molecule has 0 aliphatic carbocycles. The fraction of sp³-hybridized carbons (Fsp3) is 0.222. The van der Waals surface area contributed by atoms with Gasteiger partial charge in [-0.25, -0.2) is 4.52 Å². The highest BCUT2D eigenvalue weighted by atomic mass is 16.4. The van der Waals surface area contributed by atoms with E-state index in [1.807, 2.05) is 47.2 Å². The number of nitrogens with zero attached hydrogens (tertiary/aromatic N) is 2. The van der Waals surface area contributed by atoms with E-state index in [2.05, 4.69) is 28.7 Å². The molecule has 0 radical (unpaired) electrons. The summed E-state index contributed by atoms with van der Waals surface area (Å²) in [5, 5.41) is 19.7. The number of fused-ring (bicyclic) bond motifs is 1. The van der Waals surface area contributed by atoms with Gasteiger partial charge in [-0.15, -0.1) is 0 Å². The van der Waals surface area contributed by atoms with E-state index in [9.17, 15) is 4.79 Å². The van der Waals surface area contributed by atoms with Crippen molar-refractivity contribution in [1.82, 2.24) is 9.61 Å². The summed E-state index contributed by atoms with van der Waals surface area (Å²) in [6.45, 7) is 3.11. The number of anilines is 2. The van der Waals surface area contributed by atoms with Crippen molar-refractivity contribution in [3.05, 3.63) is 59.9 Å². The van der Waals surface area contributed by atoms with Crippen molar-refractivity contribution in [3.63, 3.8) is 0 Å². The smallest absolute Gasteiger partial charge is 0.305 e.